The lowest BCUT2D eigenvalue weighted by Gasteiger charge is -2.40. The average Bonchev–Trinajstić information content (AvgIpc) is 2.43. The lowest BCUT2D eigenvalue weighted by atomic mass is 9.96. The predicted molar refractivity (Wildman–Crippen MR) is 82.4 cm³/mol. The standard InChI is InChI=1S/C15H18BrFN2O2/c1-4-11-14(20)18-13(8(2)3)15(21)19(11)12-7-9(17)5-6-10(12)16/h5-8,11,13H,4H2,1-3H3,(H,18,20). The molecule has 0 aromatic heterocycles. The van der Waals surface area contributed by atoms with Gasteiger partial charge in [0.05, 0.1) is 5.69 Å². The van der Waals surface area contributed by atoms with Gasteiger partial charge in [0, 0.05) is 4.47 Å². The Hall–Kier alpha value is -1.43. The van der Waals surface area contributed by atoms with Crippen molar-refractivity contribution < 1.29 is 14.0 Å². The summed E-state index contributed by atoms with van der Waals surface area (Å²) in [5.41, 5.74) is 0.396. The lowest BCUT2D eigenvalue weighted by Crippen LogP contribution is -2.65. The van der Waals surface area contributed by atoms with Gasteiger partial charge in [0.15, 0.2) is 0 Å². The molecule has 0 saturated carbocycles. The van der Waals surface area contributed by atoms with E-state index in [-0.39, 0.29) is 17.7 Å². The van der Waals surface area contributed by atoms with Gasteiger partial charge in [-0.2, -0.15) is 0 Å². The average molecular weight is 357 g/mol. The molecule has 1 fully saturated rings. The van der Waals surface area contributed by atoms with E-state index in [0.29, 0.717) is 16.6 Å². The molecule has 21 heavy (non-hydrogen) atoms. The first-order chi connectivity index (χ1) is 9.86. The number of carbonyl (C=O) groups excluding carboxylic acids is 2. The number of anilines is 1. The molecule has 1 aromatic rings. The normalized spacial score (nSPS) is 22.7. The second-order valence-electron chi connectivity index (χ2n) is 5.46. The second-order valence-corrected chi connectivity index (χ2v) is 6.31. The van der Waals surface area contributed by atoms with Gasteiger partial charge in [-0.1, -0.05) is 20.8 Å². The fourth-order valence-electron chi connectivity index (χ4n) is 2.51. The number of piperazine rings is 1. The van der Waals surface area contributed by atoms with Gasteiger partial charge in [-0.25, -0.2) is 4.39 Å². The molecule has 0 bridgehead atoms. The van der Waals surface area contributed by atoms with Crippen LogP contribution in [0.25, 0.3) is 0 Å². The molecule has 1 aliphatic heterocycles. The van der Waals surface area contributed by atoms with Crippen LogP contribution in [0.15, 0.2) is 22.7 Å². The number of carbonyl (C=O) groups is 2. The largest absolute Gasteiger partial charge is 0.342 e. The van der Waals surface area contributed by atoms with Crippen LogP contribution in [0.4, 0.5) is 10.1 Å². The van der Waals surface area contributed by atoms with E-state index in [1.807, 2.05) is 20.8 Å². The third kappa shape index (κ3) is 2.95. The van der Waals surface area contributed by atoms with Crippen LogP contribution < -0.4 is 10.2 Å². The van der Waals surface area contributed by atoms with Gasteiger partial charge >= 0.3 is 0 Å². The number of rotatable bonds is 3. The Labute approximate surface area is 131 Å². The number of nitrogens with zero attached hydrogens (tertiary/aromatic N) is 1. The van der Waals surface area contributed by atoms with E-state index in [4.69, 9.17) is 0 Å². The maximum atomic E-state index is 13.6. The Morgan fingerprint density at radius 3 is 2.62 bits per heavy atom. The minimum absolute atomic E-state index is 0.0332. The highest BCUT2D eigenvalue weighted by Crippen LogP contribution is 2.32. The summed E-state index contributed by atoms with van der Waals surface area (Å²) in [4.78, 5) is 26.4. The Kier molecular flexibility index (Phi) is 4.66. The highest BCUT2D eigenvalue weighted by Gasteiger charge is 2.42. The van der Waals surface area contributed by atoms with E-state index >= 15 is 0 Å². The first kappa shape index (κ1) is 15.9. The Bertz CT molecular complexity index is 577. The minimum Gasteiger partial charge on any atom is -0.342 e. The molecule has 2 atom stereocenters. The number of nitrogens with one attached hydrogen (secondary N) is 1. The molecule has 0 aliphatic carbocycles. The molecule has 1 aliphatic rings. The van der Waals surface area contributed by atoms with Crippen molar-refractivity contribution in [2.75, 3.05) is 4.90 Å². The van der Waals surface area contributed by atoms with Gasteiger partial charge in [-0.3, -0.25) is 14.5 Å². The molecule has 4 nitrogen and oxygen atoms in total. The fraction of sp³-hybridized carbons (Fsp3) is 0.467. The van der Waals surface area contributed by atoms with Gasteiger partial charge in [0.25, 0.3) is 5.91 Å². The molecule has 0 radical (unpaired) electrons. The first-order valence-electron chi connectivity index (χ1n) is 6.95. The molecular weight excluding hydrogens is 339 g/mol. The molecule has 1 aromatic carbocycles. The maximum Gasteiger partial charge on any atom is 0.250 e. The number of hydrogen-bond donors (Lipinski definition) is 1. The Morgan fingerprint density at radius 1 is 1.38 bits per heavy atom. The third-order valence-corrected chi connectivity index (χ3v) is 4.31. The summed E-state index contributed by atoms with van der Waals surface area (Å²) in [6.07, 6.45) is 0.464. The van der Waals surface area contributed by atoms with Gasteiger partial charge < -0.3 is 5.32 Å². The molecule has 2 amide bonds. The lowest BCUT2D eigenvalue weighted by molar-refractivity contribution is -0.134. The number of amides is 2. The van der Waals surface area contributed by atoms with Crippen molar-refractivity contribution in [1.82, 2.24) is 5.32 Å². The number of benzene rings is 1. The molecule has 0 spiro atoms. The second kappa shape index (κ2) is 6.13. The van der Waals surface area contributed by atoms with Gasteiger partial charge in [-0.05, 0) is 46.5 Å². The SMILES string of the molecule is CCC1C(=O)NC(C(C)C)C(=O)N1c1cc(F)ccc1Br. The first-order valence-corrected chi connectivity index (χ1v) is 7.74. The zero-order chi connectivity index (χ0) is 15.7. The van der Waals surface area contributed by atoms with Crippen molar-refractivity contribution >= 4 is 33.4 Å². The van der Waals surface area contributed by atoms with Crippen LogP contribution in [0.2, 0.25) is 0 Å². The zero-order valence-corrected chi connectivity index (χ0v) is 13.8. The zero-order valence-electron chi connectivity index (χ0n) is 12.2. The maximum absolute atomic E-state index is 13.6. The summed E-state index contributed by atoms with van der Waals surface area (Å²) in [6, 6.07) is 2.92. The van der Waals surface area contributed by atoms with Crippen LogP contribution in [0.5, 0.6) is 0 Å². The van der Waals surface area contributed by atoms with Crippen molar-refractivity contribution in [3.8, 4) is 0 Å². The highest BCUT2D eigenvalue weighted by atomic mass is 79.9. The summed E-state index contributed by atoms with van der Waals surface area (Å²) >= 11 is 3.33. The Balaban J connectivity index is 2.51. The van der Waals surface area contributed by atoms with E-state index in [1.165, 1.54) is 17.0 Å². The number of hydrogen-bond acceptors (Lipinski definition) is 2. The van der Waals surface area contributed by atoms with Gasteiger partial charge in [0.1, 0.15) is 17.9 Å². The molecule has 1 N–H and O–H groups in total. The smallest absolute Gasteiger partial charge is 0.250 e. The van der Waals surface area contributed by atoms with Crippen LogP contribution in [0.3, 0.4) is 0 Å². The van der Waals surface area contributed by atoms with E-state index in [0.717, 1.165) is 0 Å². The summed E-state index contributed by atoms with van der Waals surface area (Å²) in [6.45, 7) is 5.56. The van der Waals surface area contributed by atoms with E-state index < -0.39 is 17.9 Å². The van der Waals surface area contributed by atoms with Crippen molar-refractivity contribution in [3.63, 3.8) is 0 Å². The van der Waals surface area contributed by atoms with E-state index in [2.05, 4.69) is 21.2 Å². The number of halogens is 2. The minimum atomic E-state index is -0.620. The van der Waals surface area contributed by atoms with Crippen LogP contribution >= 0.6 is 15.9 Å². The van der Waals surface area contributed by atoms with Crippen molar-refractivity contribution in [2.24, 2.45) is 5.92 Å². The quantitative estimate of drug-likeness (QED) is 0.905. The molecule has 114 valence electrons. The predicted octanol–water partition coefficient (Wildman–Crippen LogP) is 2.85. The van der Waals surface area contributed by atoms with Crippen molar-refractivity contribution in [3.05, 3.63) is 28.5 Å². The summed E-state index contributed by atoms with van der Waals surface area (Å²) in [7, 11) is 0. The van der Waals surface area contributed by atoms with Crippen LogP contribution in [0.1, 0.15) is 27.2 Å². The molecule has 1 heterocycles. The van der Waals surface area contributed by atoms with Crippen LogP contribution in [0, 0.1) is 11.7 Å². The molecule has 6 heteroatoms. The third-order valence-electron chi connectivity index (χ3n) is 3.64. The summed E-state index contributed by atoms with van der Waals surface area (Å²) in [5, 5.41) is 2.76. The van der Waals surface area contributed by atoms with Gasteiger partial charge in [0.2, 0.25) is 5.91 Å². The van der Waals surface area contributed by atoms with Crippen LogP contribution in [-0.2, 0) is 9.59 Å². The molecular formula is C15H18BrFN2O2. The molecule has 2 unspecified atom stereocenters. The van der Waals surface area contributed by atoms with E-state index in [9.17, 15) is 14.0 Å². The molecule has 2 rings (SSSR count). The highest BCUT2D eigenvalue weighted by molar-refractivity contribution is 9.10. The fourth-order valence-corrected chi connectivity index (χ4v) is 2.95. The van der Waals surface area contributed by atoms with Gasteiger partial charge in [-0.15, -0.1) is 0 Å². The van der Waals surface area contributed by atoms with Crippen LogP contribution in [-0.4, -0.2) is 23.9 Å². The summed E-state index contributed by atoms with van der Waals surface area (Å²) in [5.74, 6) is -0.883. The van der Waals surface area contributed by atoms with Crippen molar-refractivity contribution in [1.29, 1.82) is 0 Å². The topological polar surface area (TPSA) is 49.4 Å². The summed E-state index contributed by atoms with van der Waals surface area (Å²) < 4.78 is 14.1. The molecule has 1 saturated heterocycles. The monoisotopic (exact) mass is 356 g/mol. The Morgan fingerprint density at radius 2 is 2.05 bits per heavy atom. The van der Waals surface area contributed by atoms with Crippen molar-refractivity contribution in [2.45, 2.75) is 39.3 Å². The van der Waals surface area contributed by atoms with E-state index in [1.54, 1.807) is 6.07 Å².